The molecule has 0 saturated heterocycles. The second-order valence-electron chi connectivity index (χ2n) is 9.10. The molecular formula is C22H27FN4O2. The number of carbonyl (C=O) groups is 2. The molecule has 0 atom stereocenters. The second-order valence-corrected chi connectivity index (χ2v) is 9.10. The molecule has 1 amide bonds. The maximum Gasteiger partial charge on any atom is 0.253 e. The number of aromatic nitrogens is 2. The fraction of sp³-hybridized carbons (Fsp3) is 0.500. The maximum atomic E-state index is 14.9. The van der Waals surface area contributed by atoms with Crippen LogP contribution in [0.15, 0.2) is 12.1 Å². The summed E-state index contributed by atoms with van der Waals surface area (Å²) in [6, 6.07) is 3.19. The van der Waals surface area contributed by atoms with E-state index < -0.39 is 11.7 Å². The highest BCUT2D eigenvalue weighted by atomic mass is 19.1. The van der Waals surface area contributed by atoms with Gasteiger partial charge >= 0.3 is 0 Å². The van der Waals surface area contributed by atoms with Crippen molar-refractivity contribution in [2.45, 2.75) is 65.3 Å². The number of benzene rings is 1. The van der Waals surface area contributed by atoms with Crippen LogP contribution in [0.5, 0.6) is 0 Å². The van der Waals surface area contributed by atoms with Crippen LogP contribution in [0.2, 0.25) is 0 Å². The van der Waals surface area contributed by atoms with Gasteiger partial charge in [0.15, 0.2) is 5.78 Å². The highest BCUT2D eigenvalue weighted by Crippen LogP contribution is 2.38. The minimum Gasteiger partial charge on any atom is -0.382 e. The normalized spacial score (nSPS) is 18.7. The van der Waals surface area contributed by atoms with E-state index >= 15 is 0 Å². The summed E-state index contributed by atoms with van der Waals surface area (Å²) in [5.74, 6) is -1.41. The zero-order chi connectivity index (χ0) is 20.9. The number of primary amides is 1. The number of anilines is 1. The number of fused-ring (bicyclic) bond motifs is 1. The van der Waals surface area contributed by atoms with Gasteiger partial charge in [-0.25, -0.2) is 9.07 Å². The Hall–Kier alpha value is -2.70. The lowest BCUT2D eigenvalue weighted by Gasteiger charge is -2.29. The zero-order valence-electron chi connectivity index (χ0n) is 17.1. The summed E-state index contributed by atoms with van der Waals surface area (Å²) >= 11 is 0. The van der Waals surface area contributed by atoms with Gasteiger partial charge in [0.2, 0.25) is 0 Å². The van der Waals surface area contributed by atoms with Crippen LogP contribution in [-0.4, -0.2) is 27.5 Å². The minimum atomic E-state index is -0.801. The van der Waals surface area contributed by atoms with Crippen molar-refractivity contribution in [2.24, 2.45) is 11.1 Å². The summed E-state index contributed by atoms with van der Waals surface area (Å²) in [5, 5.41) is 7.86. The van der Waals surface area contributed by atoms with Crippen molar-refractivity contribution in [3.8, 4) is 5.69 Å². The third-order valence-corrected chi connectivity index (χ3v) is 6.00. The van der Waals surface area contributed by atoms with E-state index in [4.69, 9.17) is 5.73 Å². The molecule has 2 aliphatic rings. The fourth-order valence-electron chi connectivity index (χ4n) is 4.72. The number of nitrogens with one attached hydrogen (secondary N) is 1. The lowest BCUT2D eigenvalue weighted by Crippen LogP contribution is -2.28. The molecule has 7 heteroatoms. The van der Waals surface area contributed by atoms with Crippen LogP contribution in [0.1, 0.15) is 78.1 Å². The molecule has 2 aliphatic carbocycles. The summed E-state index contributed by atoms with van der Waals surface area (Å²) in [7, 11) is 0. The predicted molar refractivity (Wildman–Crippen MR) is 109 cm³/mol. The maximum absolute atomic E-state index is 14.9. The SMILES string of the molecule is Cc1nn(-c2cc(F)c(C(N)=O)c(NC3CCCC3)c2)c2c1C(=O)CC(C)(C)C2. The Morgan fingerprint density at radius 1 is 1.28 bits per heavy atom. The minimum absolute atomic E-state index is 0.0681. The third kappa shape index (κ3) is 3.54. The van der Waals surface area contributed by atoms with Gasteiger partial charge in [-0.2, -0.15) is 5.10 Å². The average molecular weight is 398 g/mol. The van der Waals surface area contributed by atoms with Crippen LogP contribution in [-0.2, 0) is 6.42 Å². The van der Waals surface area contributed by atoms with Gasteiger partial charge in [0.05, 0.1) is 33.9 Å². The second kappa shape index (κ2) is 6.97. The number of ketones is 1. The number of hydrogen-bond acceptors (Lipinski definition) is 4. The first kappa shape index (κ1) is 19.6. The van der Waals surface area contributed by atoms with E-state index in [0.717, 1.165) is 31.4 Å². The molecule has 1 aromatic carbocycles. The molecule has 1 aromatic heterocycles. The first-order valence-corrected chi connectivity index (χ1v) is 10.2. The Bertz CT molecular complexity index is 1000. The summed E-state index contributed by atoms with van der Waals surface area (Å²) in [6.45, 7) is 5.89. The molecule has 3 N–H and O–H groups in total. The van der Waals surface area contributed by atoms with Crippen LogP contribution in [0, 0.1) is 18.2 Å². The summed E-state index contributed by atoms with van der Waals surface area (Å²) in [4.78, 5) is 24.6. The highest BCUT2D eigenvalue weighted by molar-refractivity contribution is 6.00. The molecule has 0 spiro atoms. The van der Waals surface area contributed by atoms with Gasteiger partial charge in [-0.3, -0.25) is 9.59 Å². The van der Waals surface area contributed by atoms with Crippen LogP contribution >= 0.6 is 0 Å². The quantitative estimate of drug-likeness (QED) is 0.817. The molecule has 0 bridgehead atoms. The zero-order valence-corrected chi connectivity index (χ0v) is 17.1. The molecule has 6 nitrogen and oxygen atoms in total. The summed E-state index contributed by atoms with van der Waals surface area (Å²) < 4.78 is 16.6. The molecule has 0 aliphatic heterocycles. The van der Waals surface area contributed by atoms with Gasteiger partial charge in [0.25, 0.3) is 5.91 Å². The molecule has 154 valence electrons. The first-order chi connectivity index (χ1) is 13.7. The number of Topliss-reactive ketones (excluding diaryl/α,β-unsaturated/α-hetero) is 1. The summed E-state index contributed by atoms with van der Waals surface area (Å²) in [6.07, 6.45) is 5.30. The van der Waals surface area contributed by atoms with Gasteiger partial charge in [-0.05, 0) is 37.7 Å². The lowest BCUT2D eigenvalue weighted by atomic mass is 9.75. The molecule has 4 rings (SSSR count). The van der Waals surface area contributed by atoms with Crippen molar-refractivity contribution in [1.29, 1.82) is 0 Å². The highest BCUT2D eigenvalue weighted by Gasteiger charge is 2.36. The monoisotopic (exact) mass is 398 g/mol. The Morgan fingerprint density at radius 3 is 2.62 bits per heavy atom. The molecule has 0 unspecified atom stereocenters. The van der Waals surface area contributed by atoms with E-state index in [9.17, 15) is 14.0 Å². The number of halogens is 1. The van der Waals surface area contributed by atoms with Crippen molar-refractivity contribution in [3.05, 3.63) is 40.5 Å². The molecular weight excluding hydrogens is 371 g/mol. The number of nitrogens with two attached hydrogens (primary N) is 1. The number of rotatable bonds is 4. The van der Waals surface area contributed by atoms with Gasteiger partial charge in [0.1, 0.15) is 5.82 Å². The Kier molecular flexibility index (Phi) is 4.71. The Balaban J connectivity index is 1.84. The van der Waals surface area contributed by atoms with E-state index in [1.807, 2.05) is 13.8 Å². The molecule has 1 fully saturated rings. The molecule has 1 heterocycles. The Morgan fingerprint density at radius 2 is 1.97 bits per heavy atom. The smallest absolute Gasteiger partial charge is 0.253 e. The first-order valence-electron chi connectivity index (χ1n) is 10.2. The topological polar surface area (TPSA) is 90.0 Å². The number of nitrogens with zero attached hydrogens (tertiary/aromatic N) is 2. The predicted octanol–water partition coefficient (Wildman–Crippen LogP) is 3.93. The van der Waals surface area contributed by atoms with Crippen LogP contribution in [0.3, 0.4) is 0 Å². The largest absolute Gasteiger partial charge is 0.382 e. The number of carbonyl (C=O) groups excluding carboxylic acids is 2. The van der Waals surface area contributed by atoms with Gasteiger partial charge < -0.3 is 11.1 Å². The molecule has 0 radical (unpaired) electrons. The van der Waals surface area contributed by atoms with E-state index in [2.05, 4.69) is 10.4 Å². The third-order valence-electron chi connectivity index (χ3n) is 6.00. The van der Waals surface area contributed by atoms with Crippen molar-refractivity contribution in [2.75, 3.05) is 5.32 Å². The molecule has 2 aromatic rings. The summed E-state index contributed by atoms with van der Waals surface area (Å²) in [5.41, 5.74) is 8.09. The number of aryl methyl sites for hydroxylation is 1. The van der Waals surface area contributed by atoms with Crippen LogP contribution < -0.4 is 11.1 Å². The van der Waals surface area contributed by atoms with Gasteiger partial charge in [-0.15, -0.1) is 0 Å². The van der Waals surface area contributed by atoms with Crippen molar-refractivity contribution in [1.82, 2.24) is 9.78 Å². The van der Waals surface area contributed by atoms with Crippen molar-refractivity contribution in [3.63, 3.8) is 0 Å². The van der Waals surface area contributed by atoms with Crippen molar-refractivity contribution < 1.29 is 14.0 Å². The van der Waals surface area contributed by atoms with E-state index in [-0.39, 0.29) is 22.8 Å². The lowest BCUT2D eigenvalue weighted by molar-refractivity contribution is 0.0909. The van der Waals surface area contributed by atoms with Crippen molar-refractivity contribution >= 4 is 17.4 Å². The number of hydrogen-bond donors (Lipinski definition) is 2. The Labute approximate surface area is 169 Å². The van der Waals surface area contributed by atoms with E-state index in [1.54, 1.807) is 17.7 Å². The number of amides is 1. The van der Waals surface area contributed by atoms with E-state index in [1.165, 1.54) is 6.07 Å². The standard InChI is InChI=1S/C22H27FN4O2/c1-12-19-17(10-22(2,3)11-18(19)28)27(26-12)14-8-15(23)20(21(24)29)16(9-14)25-13-6-4-5-7-13/h8-9,13,25H,4-7,10-11H2,1-3H3,(H2,24,29). The average Bonchev–Trinajstić information content (AvgIpc) is 3.20. The van der Waals surface area contributed by atoms with E-state index in [0.29, 0.717) is 35.5 Å². The van der Waals surface area contributed by atoms with Gasteiger partial charge in [-0.1, -0.05) is 26.7 Å². The van der Waals surface area contributed by atoms with Gasteiger partial charge in [0, 0.05) is 18.5 Å². The van der Waals surface area contributed by atoms with Crippen LogP contribution in [0.25, 0.3) is 5.69 Å². The molecule has 29 heavy (non-hydrogen) atoms. The van der Waals surface area contributed by atoms with Crippen LogP contribution in [0.4, 0.5) is 10.1 Å². The fourth-order valence-corrected chi connectivity index (χ4v) is 4.72. The molecule has 1 saturated carbocycles.